The standard InChI is InChI=1S/C43H45FN12O5/c1-45-41(58)29-23-47-36(19-31(29)50-30-8-5-7-28(39(30)61-4)40-48-21-26(44)22-49-40)51-35-13-11-25(20-46-35)24-55-17-15-27(16-18-55)53(2)32-9-6-10-33-38(32)54(3)43(60)56(33)34-12-14-37(57)52-42(34)59/h5-11,13,19-23,27,34H,12,14-18,24H2,1-4H3,(H,45,58)(H,52,57,59)(H2,46,47,50,51). The number of imide groups is 1. The zero-order valence-corrected chi connectivity index (χ0v) is 34.1. The highest BCUT2D eigenvalue weighted by atomic mass is 19.1. The van der Waals surface area contributed by atoms with Gasteiger partial charge in [0.1, 0.15) is 17.7 Å². The van der Waals surface area contributed by atoms with Crippen LogP contribution in [0.2, 0.25) is 0 Å². The summed E-state index contributed by atoms with van der Waals surface area (Å²) in [5.41, 5.74) is 4.92. The lowest BCUT2D eigenvalue weighted by Crippen LogP contribution is -2.44. The number of nitrogens with zero attached hydrogens (tertiary/aromatic N) is 8. The van der Waals surface area contributed by atoms with E-state index in [2.05, 4.69) is 58.1 Å². The van der Waals surface area contributed by atoms with Gasteiger partial charge >= 0.3 is 5.69 Å². The van der Waals surface area contributed by atoms with E-state index in [4.69, 9.17) is 4.74 Å². The molecule has 0 spiro atoms. The molecular formula is C43H45FN12O5. The Hall–Kier alpha value is -7.21. The summed E-state index contributed by atoms with van der Waals surface area (Å²) in [6.45, 7) is 2.45. The maximum Gasteiger partial charge on any atom is 0.329 e. The Labute approximate surface area is 350 Å². The minimum absolute atomic E-state index is 0.189. The van der Waals surface area contributed by atoms with E-state index < -0.39 is 17.8 Å². The van der Waals surface area contributed by atoms with Gasteiger partial charge in [0.25, 0.3) is 5.91 Å². The van der Waals surface area contributed by atoms with E-state index in [0.29, 0.717) is 45.4 Å². The van der Waals surface area contributed by atoms with Gasteiger partial charge in [0.2, 0.25) is 11.8 Å². The molecule has 4 aromatic heterocycles. The summed E-state index contributed by atoms with van der Waals surface area (Å²) < 4.78 is 22.4. The number of carbonyl (C=O) groups is 3. The van der Waals surface area contributed by atoms with Crippen molar-refractivity contribution in [1.82, 2.24) is 44.6 Å². The maximum absolute atomic E-state index is 13.6. The average Bonchev–Trinajstić information content (AvgIpc) is 3.52. The summed E-state index contributed by atoms with van der Waals surface area (Å²) in [6, 6.07) is 16.2. The van der Waals surface area contributed by atoms with Gasteiger partial charge in [-0.05, 0) is 55.2 Å². The first-order chi connectivity index (χ1) is 29.5. The summed E-state index contributed by atoms with van der Waals surface area (Å²) >= 11 is 0. The van der Waals surface area contributed by atoms with Gasteiger partial charge in [0.05, 0.1) is 58.7 Å². The molecule has 2 fully saturated rings. The Morgan fingerprint density at radius 2 is 1.67 bits per heavy atom. The first-order valence-corrected chi connectivity index (χ1v) is 19.9. The van der Waals surface area contributed by atoms with E-state index >= 15 is 0 Å². The van der Waals surface area contributed by atoms with Gasteiger partial charge in [-0.2, -0.15) is 0 Å². The lowest BCUT2D eigenvalue weighted by Gasteiger charge is -2.38. The third-order valence-electron chi connectivity index (χ3n) is 11.3. The number of likely N-dealkylation sites (tertiary alicyclic amines) is 1. The van der Waals surface area contributed by atoms with Crippen LogP contribution in [0, 0.1) is 5.82 Å². The van der Waals surface area contributed by atoms with Crippen LogP contribution in [0.1, 0.15) is 47.6 Å². The molecule has 4 N–H and O–H groups in total. The van der Waals surface area contributed by atoms with Crippen molar-refractivity contribution in [3.05, 3.63) is 107 Å². The molecule has 18 heteroatoms. The SMILES string of the molecule is CNC(=O)c1cnc(Nc2ccc(CN3CCC(N(C)c4cccc5c4n(C)c(=O)n5C4CCC(=O)NC4=O)CC3)cn2)cc1Nc1cccc(-c2ncc(F)cn2)c1OC. The lowest BCUT2D eigenvalue weighted by molar-refractivity contribution is -0.135. The van der Waals surface area contributed by atoms with Gasteiger partial charge in [-0.3, -0.25) is 33.7 Å². The highest BCUT2D eigenvalue weighted by molar-refractivity contribution is 6.01. The molecule has 6 heterocycles. The Morgan fingerprint density at radius 3 is 2.38 bits per heavy atom. The highest BCUT2D eigenvalue weighted by Crippen LogP contribution is 2.38. The number of hydrogen-bond acceptors (Lipinski definition) is 13. The van der Waals surface area contributed by atoms with Crippen molar-refractivity contribution < 1.29 is 23.5 Å². The lowest BCUT2D eigenvalue weighted by atomic mass is 10.0. The van der Waals surface area contributed by atoms with Crippen LogP contribution in [0.3, 0.4) is 0 Å². The maximum atomic E-state index is 13.6. The van der Waals surface area contributed by atoms with E-state index in [9.17, 15) is 23.6 Å². The van der Waals surface area contributed by atoms with Crippen molar-refractivity contribution in [1.29, 1.82) is 0 Å². The quantitative estimate of drug-likeness (QED) is 0.125. The number of fused-ring (bicyclic) bond motifs is 1. The number of amides is 3. The van der Waals surface area contributed by atoms with Crippen LogP contribution in [-0.2, 0) is 23.2 Å². The Morgan fingerprint density at radius 1 is 0.918 bits per heavy atom. The number of para-hydroxylation sites is 2. The molecule has 2 aromatic carbocycles. The second-order valence-corrected chi connectivity index (χ2v) is 15.0. The van der Waals surface area contributed by atoms with Gasteiger partial charge in [0.15, 0.2) is 17.4 Å². The number of hydrogen-bond donors (Lipinski definition) is 4. The monoisotopic (exact) mass is 828 g/mol. The number of ether oxygens (including phenoxy) is 1. The van der Waals surface area contributed by atoms with E-state index in [1.165, 1.54) is 24.9 Å². The molecule has 1 unspecified atom stereocenters. The molecule has 0 aliphatic carbocycles. The molecular weight excluding hydrogens is 784 g/mol. The van der Waals surface area contributed by atoms with Crippen molar-refractivity contribution >= 4 is 57.5 Å². The molecule has 2 aliphatic rings. The van der Waals surface area contributed by atoms with Crippen molar-refractivity contribution in [2.24, 2.45) is 7.05 Å². The molecule has 17 nitrogen and oxygen atoms in total. The fourth-order valence-electron chi connectivity index (χ4n) is 8.15. The Bertz CT molecular complexity index is 2680. The number of methoxy groups -OCH3 is 1. The number of rotatable bonds is 12. The second-order valence-electron chi connectivity index (χ2n) is 15.0. The molecule has 2 aliphatic heterocycles. The van der Waals surface area contributed by atoms with Gasteiger partial charge in [-0.25, -0.2) is 29.1 Å². The molecule has 8 rings (SSSR count). The molecule has 61 heavy (non-hydrogen) atoms. The summed E-state index contributed by atoms with van der Waals surface area (Å²) in [7, 11) is 6.82. The zero-order valence-electron chi connectivity index (χ0n) is 34.1. The molecule has 6 aromatic rings. The summed E-state index contributed by atoms with van der Waals surface area (Å²) in [6.07, 6.45) is 7.76. The first-order valence-electron chi connectivity index (χ1n) is 19.9. The smallest absolute Gasteiger partial charge is 0.329 e. The van der Waals surface area contributed by atoms with Crippen LogP contribution in [0.4, 0.5) is 33.1 Å². The topological polar surface area (TPSA) is 194 Å². The number of nitrogens with one attached hydrogen (secondary N) is 4. The third-order valence-corrected chi connectivity index (χ3v) is 11.3. The van der Waals surface area contributed by atoms with Crippen LogP contribution in [0.25, 0.3) is 22.4 Å². The van der Waals surface area contributed by atoms with Gasteiger partial charge in [-0.1, -0.05) is 18.2 Å². The predicted octanol–water partition coefficient (Wildman–Crippen LogP) is 4.66. The number of piperidine rings is 2. The first kappa shape index (κ1) is 40.6. The minimum atomic E-state index is -0.738. The van der Waals surface area contributed by atoms with Gasteiger partial charge in [-0.15, -0.1) is 0 Å². The molecule has 314 valence electrons. The number of pyridine rings is 2. The highest BCUT2D eigenvalue weighted by Gasteiger charge is 2.33. The van der Waals surface area contributed by atoms with E-state index in [1.54, 1.807) is 35.9 Å². The predicted molar refractivity (Wildman–Crippen MR) is 228 cm³/mol. The van der Waals surface area contributed by atoms with Crippen LogP contribution in [0.15, 0.2) is 84.2 Å². The number of carbonyl (C=O) groups excluding carboxylic acids is 3. The minimum Gasteiger partial charge on any atom is -0.494 e. The number of aryl methyl sites for hydroxylation is 1. The number of aromatic nitrogens is 6. The molecule has 2 saturated heterocycles. The largest absolute Gasteiger partial charge is 0.494 e. The van der Waals surface area contributed by atoms with Gasteiger partial charge < -0.3 is 25.6 Å². The van der Waals surface area contributed by atoms with E-state index in [-0.39, 0.29) is 42.2 Å². The van der Waals surface area contributed by atoms with Crippen molar-refractivity contribution in [2.45, 2.75) is 44.3 Å². The normalized spacial score (nSPS) is 16.0. The van der Waals surface area contributed by atoms with E-state index in [1.807, 2.05) is 36.5 Å². The molecule has 0 radical (unpaired) electrons. The summed E-state index contributed by atoms with van der Waals surface area (Å²) in [5.74, 6) is 0.0238. The fraction of sp³-hybridized carbons (Fsp3) is 0.302. The fourth-order valence-corrected chi connectivity index (χ4v) is 8.15. The Balaban J connectivity index is 0.918. The molecule has 1 atom stereocenters. The molecule has 0 saturated carbocycles. The average molecular weight is 829 g/mol. The van der Waals surface area contributed by atoms with Crippen LogP contribution >= 0.6 is 0 Å². The molecule has 3 amide bonds. The summed E-state index contributed by atoms with van der Waals surface area (Å²) in [5, 5.41) is 11.6. The van der Waals surface area contributed by atoms with Crippen LogP contribution in [0.5, 0.6) is 5.75 Å². The summed E-state index contributed by atoms with van der Waals surface area (Å²) in [4.78, 5) is 72.9. The van der Waals surface area contributed by atoms with Crippen molar-refractivity contribution in [3.8, 4) is 17.1 Å². The second kappa shape index (κ2) is 17.2. The number of halogens is 1. The Kier molecular flexibility index (Phi) is 11.4. The zero-order chi connectivity index (χ0) is 42.8. The number of anilines is 5. The number of imidazole rings is 1. The molecule has 0 bridgehead atoms. The number of benzene rings is 2. The third kappa shape index (κ3) is 8.21. The van der Waals surface area contributed by atoms with Crippen molar-refractivity contribution in [3.63, 3.8) is 0 Å². The van der Waals surface area contributed by atoms with E-state index in [0.717, 1.165) is 61.6 Å². The van der Waals surface area contributed by atoms with Crippen LogP contribution in [-0.4, -0.2) is 92.0 Å². The van der Waals surface area contributed by atoms with Gasteiger partial charge in [0, 0.05) is 71.7 Å². The van der Waals surface area contributed by atoms with Crippen LogP contribution < -0.4 is 36.6 Å². The van der Waals surface area contributed by atoms with Crippen molar-refractivity contribution in [2.75, 3.05) is 49.8 Å².